The van der Waals surface area contributed by atoms with Crippen molar-refractivity contribution in [2.75, 3.05) is 5.32 Å². The fourth-order valence-corrected chi connectivity index (χ4v) is 1.75. The Morgan fingerprint density at radius 3 is 3.12 bits per heavy atom. The average molecular weight is 228 g/mol. The Balaban J connectivity index is 1.78. The van der Waals surface area contributed by atoms with E-state index in [1.165, 1.54) is 5.56 Å². The first-order chi connectivity index (χ1) is 8.33. The summed E-state index contributed by atoms with van der Waals surface area (Å²) < 4.78 is 7.14. The zero-order valence-corrected chi connectivity index (χ0v) is 9.42. The van der Waals surface area contributed by atoms with Gasteiger partial charge in [0.2, 0.25) is 5.95 Å². The number of anilines is 1. The summed E-state index contributed by atoms with van der Waals surface area (Å²) in [6.07, 6.45) is 3.37. The topological polar surface area (TPSA) is 55.9 Å². The molecule has 0 unspecified atom stereocenters. The Kier molecular flexibility index (Phi) is 2.29. The van der Waals surface area contributed by atoms with Crippen LogP contribution in [0.1, 0.15) is 5.56 Å². The number of hydrogen-bond acceptors (Lipinski definition) is 4. The summed E-state index contributed by atoms with van der Waals surface area (Å²) >= 11 is 0. The number of furan rings is 1. The highest BCUT2D eigenvalue weighted by Gasteiger charge is 2.01. The molecule has 0 spiro atoms. The molecule has 0 saturated heterocycles. The van der Waals surface area contributed by atoms with Gasteiger partial charge in [0, 0.05) is 19.0 Å². The molecular weight excluding hydrogens is 216 g/mol. The van der Waals surface area contributed by atoms with Crippen molar-refractivity contribution in [2.24, 2.45) is 7.05 Å². The van der Waals surface area contributed by atoms with Gasteiger partial charge >= 0.3 is 0 Å². The van der Waals surface area contributed by atoms with Crippen molar-refractivity contribution in [2.45, 2.75) is 6.54 Å². The van der Waals surface area contributed by atoms with Gasteiger partial charge < -0.3 is 14.3 Å². The lowest BCUT2D eigenvalue weighted by Gasteiger charge is -2.04. The van der Waals surface area contributed by atoms with Gasteiger partial charge in [0.05, 0.1) is 6.26 Å². The molecule has 3 rings (SSSR count). The molecule has 86 valence electrons. The third-order valence-electron chi connectivity index (χ3n) is 2.68. The van der Waals surface area contributed by atoms with Crippen molar-refractivity contribution in [3.63, 3.8) is 0 Å². The lowest BCUT2D eigenvalue weighted by molar-refractivity contribution is 0.616. The first-order valence-corrected chi connectivity index (χ1v) is 5.37. The van der Waals surface area contributed by atoms with Crippen molar-refractivity contribution >= 4 is 16.9 Å². The van der Waals surface area contributed by atoms with Gasteiger partial charge in [-0.15, -0.1) is 10.2 Å². The van der Waals surface area contributed by atoms with E-state index in [1.807, 2.05) is 29.8 Å². The molecule has 2 aromatic heterocycles. The highest BCUT2D eigenvalue weighted by Crippen LogP contribution is 2.17. The molecule has 0 bridgehead atoms. The highest BCUT2D eigenvalue weighted by molar-refractivity contribution is 5.77. The van der Waals surface area contributed by atoms with E-state index in [0.717, 1.165) is 16.9 Å². The predicted molar refractivity (Wildman–Crippen MR) is 64.5 cm³/mol. The standard InChI is InChI=1S/C12H12N4O/c1-16-8-14-15-12(16)13-7-9-2-3-11-10(6-9)4-5-17-11/h2-6,8H,7H2,1H3,(H,13,15). The Morgan fingerprint density at radius 1 is 1.35 bits per heavy atom. The van der Waals surface area contributed by atoms with Crippen molar-refractivity contribution < 1.29 is 4.42 Å². The molecule has 3 aromatic rings. The summed E-state index contributed by atoms with van der Waals surface area (Å²) in [6, 6.07) is 8.07. The van der Waals surface area contributed by atoms with Crippen LogP contribution in [0.15, 0.2) is 41.3 Å². The number of aromatic nitrogens is 3. The molecule has 0 amide bonds. The number of nitrogens with one attached hydrogen (secondary N) is 1. The molecule has 2 heterocycles. The molecular formula is C12H12N4O. The first-order valence-electron chi connectivity index (χ1n) is 5.37. The second kappa shape index (κ2) is 3.93. The molecule has 17 heavy (non-hydrogen) atoms. The van der Waals surface area contributed by atoms with Crippen LogP contribution in [0.4, 0.5) is 5.95 Å². The van der Waals surface area contributed by atoms with Crippen molar-refractivity contribution in [1.29, 1.82) is 0 Å². The monoisotopic (exact) mass is 228 g/mol. The van der Waals surface area contributed by atoms with E-state index in [9.17, 15) is 0 Å². The number of nitrogens with zero attached hydrogens (tertiary/aromatic N) is 3. The molecule has 1 aromatic carbocycles. The van der Waals surface area contributed by atoms with E-state index in [-0.39, 0.29) is 0 Å². The van der Waals surface area contributed by atoms with Crippen LogP contribution in [0.5, 0.6) is 0 Å². The lowest BCUT2D eigenvalue weighted by Crippen LogP contribution is -2.04. The molecule has 5 nitrogen and oxygen atoms in total. The SMILES string of the molecule is Cn1cnnc1NCc1ccc2occc2c1. The molecule has 1 N–H and O–H groups in total. The summed E-state index contributed by atoms with van der Waals surface area (Å²) in [4.78, 5) is 0. The summed E-state index contributed by atoms with van der Waals surface area (Å²) in [5, 5.41) is 12.1. The Hall–Kier alpha value is -2.30. The minimum atomic E-state index is 0.716. The fourth-order valence-electron chi connectivity index (χ4n) is 1.75. The smallest absolute Gasteiger partial charge is 0.224 e. The van der Waals surface area contributed by atoms with Crippen LogP contribution in [0.25, 0.3) is 11.0 Å². The average Bonchev–Trinajstić information content (AvgIpc) is 2.94. The second-order valence-corrected chi connectivity index (χ2v) is 3.91. The molecule has 0 atom stereocenters. The van der Waals surface area contributed by atoms with Crippen LogP contribution in [0, 0.1) is 0 Å². The van der Waals surface area contributed by atoms with E-state index in [0.29, 0.717) is 6.54 Å². The number of aryl methyl sites for hydroxylation is 1. The molecule has 0 radical (unpaired) electrons. The van der Waals surface area contributed by atoms with Crippen LogP contribution >= 0.6 is 0 Å². The summed E-state index contributed by atoms with van der Waals surface area (Å²) in [5.41, 5.74) is 2.09. The fraction of sp³-hybridized carbons (Fsp3) is 0.167. The van der Waals surface area contributed by atoms with Crippen LogP contribution < -0.4 is 5.32 Å². The van der Waals surface area contributed by atoms with Crippen LogP contribution in [0.2, 0.25) is 0 Å². The van der Waals surface area contributed by atoms with Gasteiger partial charge in [-0.05, 0) is 23.8 Å². The van der Waals surface area contributed by atoms with E-state index in [1.54, 1.807) is 12.6 Å². The van der Waals surface area contributed by atoms with Crippen molar-refractivity contribution in [3.8, 4) is 0 Å². The predicted octanol–water partition coefficient (Wildman–Crippen LogP) is 2.17. The maximum atomic E-state index is 5.30. The van der Waals surface area contributed by atoms with E-state index < -0.39 is 0 Å². The van der Waals surface area contributed by atoms with Gasteiger partial charge in [0.15, 0.2) is 0 Å². The maximum Gasteiger partial charge on any atom is 0.224 e. The van der Waals surface area contributed by atoms with Gasteiger partial charge in [0.1, 0.15) is 11.9 Å². The van der Waals surface area contributed by atoms with Gasteiger partial charge in [-0.3, -0.25) is 0 Å². The molecule has 0 aliphatic heterocycles. The van der Waals surface area contributed by atoms with E-state index >= 15 is 0 Å². The zero-order valence-electron chi connectivity index (χ0n) is 9.42. The summed E-state index contributed by atoms with van der Waals surface area (Å²) in [6.45, 7) is 0.716. The van der Waals surface area contributed by atoms with E-state index in [4.69, 9.17) is 4.42 Å². The highest BCUT2D eigenvalue weighted by atomic mass is 16.3. The maximum absolute atomic E-state index is 5.30. The van der Waals surface area contributed by atoms with Crippen LogP contribution in [0.3, 0.4) is 0 Å². The third kappa shape index (κ3) is 1.87. The molecule has 5 heteroatoms. The van der Waals surface area contributed by atoms with Gasteiger partial charge in [-0.2, -0.15) is 0 Å². The Morgan fingerprint density at radius 2 is 2.29 bits per heavy atom. The van der Waals surface area contributed by atoms with Crippen LogP contribution in [-0.4, -0.2) is 14.8 Å². The number of rotatable bonds is 3. The largest absolute Gasteiger partial charge is 0.464 e. The van der Waals surface area contributed by atoms with Crippen molar-refractivity contribution in [1.82, 2.24) is 14.8 Å². The number of fused-ring (bicyclic) bond motifs is 1. The quantitative estimate of drug-likeness (QED) is 0.746. The lowest BCUT2D eigenvalue weighted by atomic mass is 10.1. The molecule has 0 fully saturated rings. The Labute approximate surface area is 98.1 Å². The number of hydrogen-bond donors (Lipinski definition) is 1. The van der Waals surface area contributed by atoms with Gasteiger partial charge in [0.25, 0.3) is 0 Å². The minimum absolute atomic E-state index is 0.716. The normalized spacial score (nSPS) is 10.9. The van der Waals surface area contributed by atoms with Gasteiger partial charge in [-0.25, -0.2) is 0 Å². The molecule has 0 aliphatic rings. The van der Waals surface area contributed by atoms with E-state index in [2.05, 4.69) is 21.6 Å². The molecule has 0 saturated carbocycles. The Bertz CT molecular complexity index is 641. The first kappa shape index (κ1) is 9.89. The summed E-state index contributed by atoms with van der Waals surface area (Å²) in [7, 11) is 1.90. The van der Waals surface area contributed by atoms with Crippen molar-refractivity contribution in [3.05, 3.63) is 42.4 Å². The molecule has 0 aliphatic carbocycles. The minimum Gasteiger partial charge on any atom is -0.464 e. The third-order valence-corrected chi connectivity index (χ3v) is 2.68. The van der Waals surface area contributed by atoms with Crippen LogP contribution in [-0.2, 0) is 13.6 Å². The summed E-state index contributed by atoms with van der Waals surface area (Å²) in [5.74, 6) is 0.761. The number of benzene rings is 1. The zero-order chi connectivity index (χ0) is 11.7. The van der Waals surface area contributed by atoms with Gasteiger partial charge in [-0.1, -0.05) is 6.07 Å². The second-order valence-electron chi connectivity index (χ2n) is 3.91.